The van der Waals surface area contributed by atoms with Gasteiger partial charge in [-0.3, -0.25) is 15.0 Å². The Hall–Kier alpha value is -6.00. The van der Waals surface area contributed by atoms with Gasteiger partial charge in [-0.1, -0.05) is 72.6 Å². The lowest BCUT2D eigenvalue weighted by Gasteiger charge is -2.59. The van der Waals surface area contributed by atoms with Crippen molar-refractivity contribution >= 4 is 46.0 Å². The number of amides is 2. The van der Waals surface area contributed by atoms with E-state index in [0.717, 1.165) is 40.3 Å². The van der Waals surface area contributed by atoms with Crippen LogP contribution < -0.4 is 14.8 Å². The second-order valence-corrected chi connectivity index (χ2v) is 17.3. The average molecular weight is 940 g/mol. The lowest BCUT2D eigenvalue weighted by molar-refractivity contribution is -0.384. The van der Waals surface area contributed by atoms with Crippen molar-refractivity contribution in [1.82, 2.24) is 10.2 Å². The molecule has 0 radical (unpaired) electrons. The number of nitrogens with zero attached hydrogens (tertiary/aromatic N) is 3. The van der Waals surface area contributed by atoms with Crippen molar-refractivity contribution in [3.63, 3.8) is 0 Å². The molecular formula is C51H59ClN4O11. The summed E-state index contributed by atoms with van der Waals surface area (Å²) in [6, 6.07) is 24.3. The SMILES string of the molecule is C=CCO[C@@]12Oc3ccc(OC(=O)NCC)cc3[C@H]3[C@H](CCCCO)[C@@H](CCCCO)C=C(C(=NOCc4ccc([N+](=O)[O-])cc4)C[C@@H]1N(Cc1cccc4ccccc14)C(=O)OCCCl)[C@H]32. The number of carbonyl (C=O) groups excluding carboxylic acids is 2. The molecule has 0 spiro atoms. The maximum absolute atomic E-state index is 14.8. The van der Waals surface area contributed by atoms with Gasteiger partial charge in [0.05, 0.1) is 35.6 Å². The number of rotatable bonds is 22. The average Bonchev–Trinajstić information content (AvgIpc) is 3.33. The lowest BCUT2D eigenvalue weighted by atomic mass is 9.55. The maximum atomic E-state index is 14.8. The van der Waals surface area contributed by atoms with E-state index in [1.54, 1.807) is 42.2 Å². The molecular weight excluding hydrogens is 880 g/mol. The Labute approximate surface area is 395 Å². The number of ether oxygens (including phenoxy) is 4. The summed E-state index contributed by atoms with van der Waals surface area (Å²) in [5.74, 6) is -1.96. The number of hydrogen-bond acceptors (Lipinski definition) is 12. The smallest absolute Gasteiger partial charge is 0.412 e. The third kappa shape index (κ3) is 11.1. The molecule has 16 heteroatoms. The van der Waals surface area contributed by atoms with Crippen molar-refractivity contribution < 1.29 is 48.5 Å². The predicted molar refractivity (Wildman–Crippen MR) is 254 cm³/mol. The van der Waals surface area contributed by atoms with Crippen LogP contribution in [0.25, 0.3) is 10.8 Å². The zero-order valence-corrected chi connectivity index (χ0v) is 38.5. The summed E-state index contributed by atoms with van der Waals surface area (Å²) in [6.07, 6.45) is 6.73. The van der Waals surface area contributed by atoms with Gasteiger partial charge >= 0.3 is 12.2 Å². The highest BCUT2D eigenvalue weighted by Gasteiger charge is 2.65. The standard InChI is InChI=1S/C51H59ClN4O11/c1-3-27-64-51-46(55(50(60)63-28-24-52)32-37-15-11-14-35-12-5-6-16-40(35)37)31-44(54-65-33-34-18-20-38(21-19-34)56(61)62)42-29-36(13-7-9-25-57)41(17-8-10-26-58)47(48(42)51)43-30-39(22-23-45(43)67-51)66-49(59)53-4-2/h3,5-6,11-12,14-16,18-23,29-30,36,41,46-48,57-58H,1,4,7-10,13,17,24-28,31-33H2,2H3,(H,53,59)/t36-,41+,46-,47+,48+,51+/m0/s1. The number of alkyl halides is 1. The fourth-order valence-electron chi connectivity index (χ4n) is 10.0. The van der Waals surface area contributed by atoms with Gasteiger partial charge in [-0.25, -0.2) is 9.59 Å². The number of halogens is 1. The van der Waals surface area contributed by atoms with Gasteiger partial charge in [-0.15, -0.1) is 18.2 Å². The van der Waals surface area contributed by atoms with Crippen LogP contribution >= 0.6 is 11.6 Å². The normalized spacial score (nSPS) is 22.1. The third-order valence-corrected chi connectivity index (χ3v) is 13.0. The molecule has 3 aliphatic rings. The van der Waals surface area contributed by atoms with Gasteiger partial charge < -0.3 is 39.3 Å². The molecule has 6 atom stereocenters. The molecule has 4 aromatic rings. The Bertz CT molecular complexity index is 2420. The molecule has 67 heavy (non-hydrogen) atoms. The zero-order chi connectivity index (χ0) is 47.3. The van der Waals surface area contributed by atoms with Crippen LogP contribution in [0.2, 0.25) is 0 Å². The number of aliphatic hydroxyl groups is 2. The quantitative estimate of drug-likeness (QED) is 0.0224. The molecule has 1 aliphatic heterocycles. The summed E-state index contributed by atoms with van der Waals surface area (Å²) in [5.41, 5.74) is 3.56. The Morgan fingerprint density at radius 1 is 1.03 bits per heavy atom. The van der Waals surface area contributed by atoms with Gasteiger partial charge in [-0.05, 0) is 102 Å². The zero-order valence-electron chi connectivity index (χ0n) is 37.7. The molecule has 0 aromatic heterocycles. The summed E-state index contributed by atoms with van der Waals surface area (Å²) in [6.45, 7) is 6.31. The van der Waals surface area contributed by atoms with E-state index in [9.17, 15) is 29.9 Å². The third-order valence-electron chi connectivity index (χ3n) is 12.9. The van der Waals surface area contributed by atoms with Crippen LogP contribution in [0.15, 0.2) is 114 Å². The fourth-order valence-corrected chi connectivity index (χ4v) is 10.1. The van der Waals surface area contributed by atoms with Gasteiger partial charge in [0.25, 0.3) is 5.69 Å². The minimum absolute atomic E-state index is 0.00725. The monoisotopic (exact) mass is 938 g/mol. The number of aliphatic hydroxyl groups excluding tert-OH is 2. The second kappa shape index (κ2) is 23.1. The summed E-state index contributed by atoms with van der Waals surface area (Å²) < 4.78 is 26.1. The molecule has 2 amide bonds. The summed E-state index contributed by atoms with van der Waals surface area (Å²) in [7, 11) is 0. The van der Waals surface area contributed by atoms with E-state index in [4.69, 9.17) is 40.5 Å². The molecule has 2 aliphatic carbocycles. The number of benzene rings is 4. The van der Waals surface area contributed by atoms with Gasteiger partial charge in [-0.2, -0.15) is 0 Å². The van der Waals surface area contributed by atoms with E-state index in [1.807, 2.05) is 48.5 Å². The van der Waals surface area contributed by atoms with E-state index in [2.05, 4.69) is 18.0 Å². The number of nitro benzene ring substituents is 1. The Morgan fingerprint density at radius 2 is 1.79 bits per heavy atom. The van der Waals surface area contributed by atoms with Crippen LogP contribution in [0.1, 0.15) is 74.5 Å². The van der Waals surface area contributed by atoms with E-state index >= 15 is 0 Å². The minimum Gasteiger partial charge on any atom is -0.459 e. The number of hydrogen-bond donors (Lipinski definition) is 3. The number of nitrogens with one attached hydrogen (secondary N) is 1. The van der Waals surface area contributed by atoms with Gasteiger partial charge in [0.15, 0.2) is 0 Å². The highest BCUT2D eigenvalue weighted by molar-refractivity contribution is 6.18. The first-order valence-electron chi connectivity index (χ1n) is 23.0. The van der Waals surface area contributed by atoms with Crippen molar-refractivity contribution in [3.05, 3.63) is 136 Å². The summed E-state index contributed by atoms with van der Waals surface area (Å²) in [5, 5.41) is 40.9. The predicted octanol–water partition coefficient (Wildman–Crippen LogP) is 9.57. The highest BCUT2D eigenvalue weighted by Crippen LogP contribution is 2.62. The van der Waals surface area contributed by atoms with E-state index in [0.29, 0.717) is 55.0 Å². The molecule has 1 fully saturated rings. The van der Waals surface area contributed by atoms with Crippen LogP contribution in [0.5, 0.6) is 11.5 Å². The van der Waals surface area contributed by atoms with E-state index in [1.165, 1.54) is 12.1 Å². The van der Waals surface area contributed by atoms with Gasteiger partial charge in [0.2, 0.25) is 5.79 Å². The van der Waals surface area contributed by atoms with Crippen LogP contribution in [0.4, 0.5) is 15.3 Å². The summed E-state index contributed by atoms with van der Waals surface area (Å²) >= 11 is 6.15. The number of nitro groups is 1. The molecule has 3 N–H and O–H groups in total. The number of fused-ring (bicyclic) bond motifs is 3. The largest absolute Gasteiger partial charge is 0.459 e. The molecule has 0 saturated heterocycles. The molecule has 1 saturated carbocycles. The Kier molecular flexibility index (Phi) is 16.9. The van der Waals surface area contributed by atoms with Crippen molar-refractivity contribution in [3.8, 4) is 11.5 Å². The molecule has 4 aromatic carbocycles. The van der Waals surface area contributed by atoms with E-state index < -0.39 is 40.8 Å². The van der Waals surface area contributed by atoms with Crippen LogP contribution in [-0.4, -0.2) is 88.6 Å². The van der Waals surface area contributed by atoms with Crippen molar-refractivity contribution in [2.24, 2.45) is 22.9 Å². The Morgan fingerprint density at radius 3 is 2.52 bits per heavy atom. The first-order valence-corrected chi connectivity index (χ1v) is 23.5. The van der Waals surface area contributed by atoms with Crippen molar-refractivity contribution in [2.75, 3.05) is 38.9 Å². The molecule has 0 unspecified atom stereocenters. The topological polar surface area (TPSA) is 192 Å². The first kappa shape index (κ1) is 48.9. The Balaban J connectivity index is 1.46. The molecule has 7 rings (SSSR count). The number of carbonyl (C=O) groups is 2. The van der Waals surface area contributed by atoms with Gasteiger partial charge in [0.1, 0.15) is 30.8 Å². The number of oxime groups is 1. The number of unbranched alkanes of at least 4 members (excludes halogenated alkanes) is 2. The minimum atomic E-state index is -1.60. The number of non-ortho nitro benzene ring substituents is 1. The van der Waals surface area contributed by atoms with Crippen molar-refractivity contribution in [1.29, 1.82) is 0 Å². The van der Waals surface area contributed by atoms with Gasteiger partial charge in [0, 0.05) is 49.8 Å². The second-order valence-electron chi connectivity index (χ2n) is 17.0. The summed E-state index contributed by atoms with van der Waals surface area (Å²) in [4.78, 5) is 46.4. The maximum Gasteiger partial charge on any atom is 0.412 e. The van der Waals surface area contributed by atoms with Crippen molar-refractivity contribution in [2.45, 2.75) is 82.8 Å². The van der Waals surface area contributed by atoms with Crippen LogP contribution in [0.3, 0.4) is 0 Å². The fraction of sp³-hybridized carbons (Fsp3) is 0.431. The molecule has 356 valence electrons. The first-order chi connectivity index (χ1) is 32.7. The molecule has 15 nitrogen and oxygen atoms in total. The molecule has 0 bridgehead atoms. The van der Waals surface area contributed by atoms with Crippen LogP contribution in [-0.2, 0) is 27.5 Å². The highest BCUT2D eigenvalue weighted by atomic mass is 35.5. The number of allylic oxidation sites excluding steroid dienone is 1. The van der Waals surface area contributed by atoms with E-state index in [-0.39, 0.29) is 69.4 Å². The van der Waals surface area contributed by atoms with Crippen LogP contribution in [0, 0.1) is 27.9 Å². The lowest BCUT2D eigenvalue weighted by Crippen LogP contribution is -2.70. The molecule has 1 heterocycles.